The molecule has 45 heavy (non-hydrogen) atoms. The minimum Gasteiger partial charge on any atom is -0.478 e. The second-order valence-corrected chi connectivity index (χ2v) is 13.2. The van der Waals surface area contributed by atoms with Gasteiger partial charge in [-0.2, -0.15) is 18.4 Å². The number of halogens is 1. The zero-order chi connectivity index (χ0) is 32.5. The first kappa shape index (κ1) is 31.9. The molecular weight excluding hydrogens is 609 g/mol. The number of alkyl carbamates (subject to hydrolysis) is 1. The van der Waals surface area contributed by atoms with Gasteiger partial charge in [-0.05, 0) is 39.8 Å². The third-order valence-corrected chi connectivity index (χ3v) is 8.15. The number of ether oxygens (including phenoxy) is 2. The predicted octanol–water partition coefficient (Wildman–Crippen LogP) is 3.08. The molecule has 17 heteroatoms. The minimum absolute atomic E-state index is 0.0456. The van der Waals surface area contributed by atoms with Crippen LogP contribution >= 0.6 is 0 Å². The molecule has 2 atom stereocenters. The van der Waals surface area contributed by atoms with Crippen molar-refractivity contribution in [1.29, 1.82) is 0 Å². The van der Waals surface area contributed by atoms with E-state index in [0.29, 0.717) is 22.7 Å². The largest absolute Gasteiger partial charge is 0.478 e. The Morgan fingerprint density at radius 3 is 2.58 bits per heavy atom. The van der Waals surface area contributed by atoms with Crippen molar-refractivity contribution in [3.8, 4) is 5.88 Å². The molecular formula is C28H36FN9O6S. The number of carbonyl (C=O) groups excluding carboxylic acids is 1. The number of alkyl halides is 1. The average Bonchev–Trinajstić information content (AvgIpc) is 3.64. The molecule has 1 saturated heterocycles. The van der Waals surface area contributed by atoms with Crippen LogP contribution in [0.15, 0.2) is 41.7 Å². The molecule has 0 saturated carbocycles. The van der Waals surface area contributed by atoms with Gasteiger partial charge in [0, 0.05) is 13.6 Å². The molecule has 3 aromatic heterocycles. The van der Waals surface area contributed by atoms with E-state index < -0.39 is 34.0 Å². The molecule has 0 spiro atoms. The Bertz CT molecular complexity index is 1790. The molecule has 1 aromatic carbocycles. The highest BCUT2D eigenvalue weighted by atomic mass is 32.2. The summed E-state index contributed by atoms with van der Waals surface area (Å²) >= 11 is 0. The highest BCUT2D eigenvalue weighted by Gasteiger charge is 2.37. The topological polar surface area (TPSA) is 168 Å². The van der Waals surface area contributed by atoms with Gasteiger partial charge in [-0.15, -0.1) is 5.10 Å². The summed E-state index contributed by atoms with van der Waals surface area (Å²) in [5, 5.41) is 10.1. The number of aryl methyl sites for hydroxylation is 2. The van der Waals surface area contributed by atoms with Gasteiger partial charge in [-0.25, -0.2) is 14.2 Å². The van der Waals surface area contributed by atoms with Crippen LogP contribution in [-0.4, -0.2) is 88.4 Å². The first-order chi connectivity index (χ1) is 21.2. The molecule has 4 heterocycles. The lowest BCUT2D eigenvalue weighted by Crippen LogP contribution is -2.44. The molecule has 2 N–H and O–H groups in total. The van der Waals surface area contributed by atoms with Gasteiger partial charge in [-0.3, -0.25) is 8.86 Å². The number of benzene rings is 1. The van der Waals surface area contributed by atoms with E-state index in [4.69, 9.17) is 13.7 Å². The Hall–Kier alpha value is -4.51. The Kier molecular flexibility index (Phi) is 8.84. The van der Waals surface area contributed by atoms with E-state index in [1.165, 1.54) is 23.9 Å². The van der Waals surface area contributed by atoms with Gasteiger partial charge in [-0.1, -0.05) is 17.7 Å². The first-order valence-electron chi connectivity index (χ1n) is 14.1. The second-order valence-electron chi connectivity index (χ2n) is 11.6. The molecule has 0 aliphatic carbocycles. The van der Waals surface area contributed by atoms with Crippen molar-refractivity contribution < 1.29 is 31.3 Å². The number of aromatic nitrogens is 6. The van der Waals surface area contributed by atoms with Crippen LogP contribution in [0.25, 0.3) is 11.2 Å². The number of nitrogens with zero attached hydrogens (tertiary/aromatic N) is 7. The molecule has 1 aliphatic rings. The van der Waals surface area contributed by atoms with Crippen LogP contribution in [0.5, 0.6) is 5.88 Å². The van der Waals surface area contributed by atoms with Gasteiger partial charge in [0.2, 0.25) is 5.95 Å². The van der Waals surface area contributed by atoms with Gasteiger partial charge in [0.1, 0.15) is 17.5 Å². The maximum atomic E-state index is 15.0. The third-order valence-electron chi connectivity index (χ3n) is 6.82. The van der Waals surface area contributed by atoms with Gasteiger partial charge < -0.3 is 29.6 Å². The fourth-order valence-corrected chi connectivity index (χ4v) is 5.54. The standard InChI is InChI=1S/C28H36FN9O6S/c1-17-7-9-18(10-8-17)45(40,41)43-12-11-38-15-21(25(35-38)42-6)31-23-22-24(36(5)16-30-22)34-26(33-23)37-13-19(29)20(14-37)32-27(39)44-28(2,3)4/h7-10,15-16,19-20H,11-14H2,1-6H3,(H,32,39)(H,31,33,34)/t19-,20-/m1/s1. The zero-order valence-corrected chi connectivity index (χ0v) is 26.6. The van der Waals surface area contributed by atoms with Crippen molar-refractivity contribution in [2.45, 2.75) is 56.9 Å². The van der Waals surface area contributed by atoms with Crippen LogP contribution in [0.2, 0.25) is 0 Å². The Labute approximate surface area is 259 Å². The molecule has 15 nitrogen and oxygen atoms in total. The molecule has 4 aromatic rings. The number of methoxy groups -OCH3 is 1. The molecule has 5 rings (SSSR count). The van der Waals surface area contributed by atoms with E-state index >= 15 is 4.39 Å². The monoisotopic (exact) mass is 645 g/mol. The molecule has 1 amide bonds. The summed E-state index contributed by atoms with van der Waals surface area (Å²) in [5.74, 6) is 0.753. The summed E-state index contributed by atoms with van der Waals surface area (Å²) in [4.78, 5) is 27.6. The predicted molar refractivity (Wildman–Crippen MR) is 163 cm³/mol. The number of hydrogen-bond donors (Lipinski definition) is 2. The van der Waals surface area contributed by atoms with Crippen LogP contribution in [0.3, 0.4) is 0 Å². The maximum Gasteiger partial charge on any atom is 0.408 e. The molecule has 1 aliphatic heterocycles. The number of fused-ring (bicyclic) bond motifs is 1. The number of rotatable bonds is 10. The van der Waals surface area contributed by atoms with Crippen molar-refractivity contribution in [3.05, 3.63) is 42.4 Å². The van der Waals surface area contributed by atoms with Gasteiger partial charge in [0.05, 0.1) is 50.3 Å². The lowest BCUT2D eigenvalue weighted by Gasteiger charge is -2.22. The summed E-state index contributed by atoms with van der Waals surface area (Å²) < 4.78 is 59.2. The zero-order valence-electron chi connectivity index (χ0n) is 25.8. The number of imidazole rings is 1. The highest BCUT2D eigenvalue weighted by molar-refractivity contribution is 7.86. The summed E-state index contributed by atoms with van der Waals surface area (Å²) in [6.07, 6.45) is 1.11. The van der Waals surface area contributed by atoms with Gasteiger partial charge >= 0.3 is 6.09 Å². The minimum atomic E-state index is -3.94. The lowest BCUT2D eigenvalue weighted by atomic mass is 10.2. The highest BCUT2D eigenvalue weighted by Crippen LogP contribution is 2.31. The van der Waals surface area contributed by atoms with Crippen LogP contribution < -0.4 is 20.3 Å². The van der Waals surface area contributed by atoms with E-state index in [-0.39, 0.29) is 43.0 Å². The van der Waals surface area contributed by atoms with Crippen LogP contribution in [-0.2, 0) is 32.6 Å². The number of anilines is 3. The number of nitrogens with one attached hydrogen (secondary N) is 2. The molecule has 1 fully saturated rings. The molecule has 0 radical (unpaired) electrons. The number of carbonyl (C=O) groups is 1. The third kappa shape index (κ3) is 7.42. The molecule has 0 bridgehead atoms. The fraction of sp³-hybridized carbons (Fsp3) is 0.464. The van der Waals surface area contributed by atoms with Gasteiger partial charge in [0.25, 0.3) is 16.0 Å². The Morgan fingerprint density at radius 1 is 1.16 bits per heavy atom. The fourth-order valence-electron chi connectivity index (χ4n) is 4.64. The van der Waals surface area contributed by atoms with Crippen LogP contribution in [0.4, 0.5) is 26.6 Å². The summed E-state index contributed by atoms with van der Waals surface area (Å²) in [6.45, 7) is 7.07. The van der Waals surface area contributed by atoms with E-state index in [1.807, 2.05) is 6.92 Å². The van der Waals surface area contributed by atoms with Crippen molar-refractivity contribution in [1.82, 2.24) is 34.6 Å². The van der Waals surface area contributed by atoms with E-state index in [0.717, 1.165) is 5.56 Å². The number of amides is 1. The van der Waals surface area contributed by atoms with Crippen molar-refractivity contribution in [2.24, 2.45) is 7.05 Å². The SMILES string of the molecule is COc1nn(CCOS(=O)(=O)c2ccc(C)cc2)cc1Nc1nc(N2C[C@@H](F)[C@H](NC(=O)OC(C)(C)C)C2)nc2c1ncn2C. The average molecular weight is 646 g/mol. The van der Waals surface area contributed by atoms with Crippen LogP contribution in [0, 0.1) is 6.92 Å². The van der Waals surface area contributed by atoms with E-state index in [1.54, 1.807) is 61.9 Å². The van der Waals surface area contributed by atoms with Crippen LogP contribution in [0.1, 0.15) is 26.3 Å². The maximum absolute atomic E-state index is 15.0. The van der Waals surface area contributed by atoms with Crippen molar-refractivity contribution in [3.63, 3.8) is 0 Å². The summed E-state index contributed by atoms with van der Waals surface area (Å²) in [5.41, 5.74) is 1.57. The smallest absolute Gasteiger partial charge is 0.408 e. The van der Waals surface area contributed by atoms with E-state index in [2.05, 4.69) is 30.7 Å². The Balaban J connectivity index is 1.32. The number of hydrogen-bond acceptors (Lipinski definition) is 12. The summed E-state index contributed by atoms with van der Waals surface area (Å²) in [7, 11) is -0.722. The Morgan fingerprint density at radius 2 is 1.89 bits per heavy atom. The van der Waals surface area contributed by atoms with E-state index in [9.17, 15) is 13.2 Å². The second kappa shape index (κ2) is 12.5. The first-order valence-corrected chi connectivity index (χ1v) is 15.6. The normalized spacial score (nSPS) is 17.1. The molecule has 242 valence electrons. The van der Waals surface area contributed by atoms with Gasteiger partial charge in [0.15, 0.2) is 17.0 Å². The van der Waals surface area contributed by atoms with Crippen molar-refractivity contribution in [2.75, 3.05) is 37.0 Å². The lowest BCUT2D eigenvalue weighted by molar-refractivity contribution is 0.0490. The quantitative estimate of drug-likeness (QED) is 0.242. The molecule has 0 unspecified atom stereocenters. The van der Waals surface area contributed by atoms with Crippen molar-refractivity contribution >= 4 is 44.8 Å². The summed E-state index contributed by atoms with van der Waals surface area (Å²) in [6, 6.07) is 5.56.